The molecule has 0 aliphatic heterocycles. The number of halogens is 3. The topological polar surface area (TPSA) is 40.5 Å². The van der Waals surface area contributed by atoms with E-state index in [0.29, 0.717) is 12.8 Å². The van der Waals surface area contributed by atoms with E-state index < -0.39 is 18.0 Å². The van der Waals surface area contributed by atoms with Gasteiger partial charge in [-0.2, -0.15) is 13.2 Å². The van der Waals surface area contributed by atoms with Gasteiger partial charge >= 0.3 is 6.18 Å². The highest BCUT2D eigenvalue weighted by Crippen LogP contribution is 2.40. The summed E-state index contributed by atoms with van der Waals surface area (Å²) in [7, 11) is 1.51. The van der Waals surface area contributed by atoms with Crippen molar-refractivity contribution in [1.82, 2.24) is 4.90 Å². The van der Waals surface area contributed by atoms with Crippen molar-refractivity contribution in [2.24, 2.45) is 11.8 Å². The van der Waals surface area contributed by atoms with Crippen LogP contribution in [0.5, 0.6) is 0 Å². The molecule has 17 heavy (non-hydrogen) atoms. The third kappa shape index (κ3) is 3.87. The highest BCUT2D eigenvalue weighted by molar-refractivity contribution is 5.78. The fraction of sp³-hybridized carbons (Fsp3) is 0.909. The average Bonchev–Trinajstić information content (AvgIpc) is 2.27. The quantitative estimate of drug-likeness (QED) is 0.833. The minimum absolute atomic E-state index is 0.113. The Labute approximate surface area is 98.6 Å². The van der Waals surface area contributed by atoms with Crippen LogP contribution < -0.4 is 0 Å². The summed E-state index contributed by atoms with van der Waals surface area (Å²) in [6.07, 6.45) is -3.24. The van der Waals surface area contributed by atoms with E-state index >= 15 is 0 Å². The van der Waals surface area contributed by atoms with Gasteiger partial charge < -0.3 is 10.0 Å². The first kappa shape index (κ1) is 14.3. The molecule has 0 aromatic rings. The smallest absolute Gasteiger partial charge is 0.391 e. The number of alkyl halides is 3. The molecule has 1 aliphatic rings. The van der Waals surface area contributed by atoms with Gasteiger partial charge in [0.15, 0.2) is 0 Å². The van der Waals surface area contributed by atoms with Crippen LogP contribution >= 0.6 is 0 Å². The highest BCUT2D eigenvalue weighted by atomic mass is 19.4. The minimum Gasteiger partial charge on any atom is -0.395 e. The van der Waals surface area contributed by atoms with Gasteiger partial charge in [-0.05, 0) is 19.3 Å². The molecule has 0 spiro atoms. The van der Waals surface area contributed by atoms with Crippen molar-refractivity contribution >= 4 is 5.91 Å². The van der Waals surface area contributed by atoms with E-state index in [-0.39, 0.29) is 31.9 Å². The van der Waals surface area contributed by atoms with Crippen LogP contribution in [-0.4, -0.2) is 42.3 Å². The molecule has 0 heterocycles. The SMILES string of the molecule is CN(CCO)C(=O)C1CCCC(C(F)(F)F)C1. The zero-order valence-corrected chi connectivity index (χ0v) is 9.83. The van der Waals surface area contributed by atoms with E-state index in [4.69, 9.17) is 5.11 Å². The molecule has 3 nitrogen and oxygen atoms in total. The van der Waals surface area contributed by atoms with E-state index in [1.807, 2.05) is 0 Å². The van der Waals surface area contributed by atoms with Gasteiger partial charge in [0.05, 0.1) is 12.5 Å². The van der Waals surface area contributed by atoms with Crippen molar-refractivity contribution in [3.05, 3.63) is 0 Å². The van der Waals surface area contributed by atoms with E-state index in [2.05, 4.69) is 0 Å². The molecule has 6 heteroatoms. The summed E-state index contributed by atoms with van der Waals surface area (Å²) >= 11 is 0. The number of carbonyl (C=O) groups excluding carboxylic acids is 1. The Morgan fingerprint density at radius 2 is 2.06 bits per heavy atom. The van der Waals surface area contributed by atoms with Crippen LogP contribution in [-0.2, 0) is 4.79 Å². The maximum absolute atomic E-state index is 12.6. The molecule has 1 rings (SSSR count). The van der Waals surface area contributed by atoms with Gasteiger partial charge in [0.1, 0.15) is 0 Å². The van der Waals surface area contributed by atoms with Crippen LogP contribution in [0.1, 0.15) is 25.7 Å². The second kappa shape index (κ2) is 5.71. The van der Waals surface area contributed by atoms with Crippen molar-refractivity contribution in [1.29, 1.82) is 0 Å². The molecule has 2 atom stereocenters. The van der Waals surface area contributed by atoms with Crippen molar-refractivity contribution in [3.63, 3.8) is 0 Å². The van der Waals surface area contributed by atoms with E-state index in [1.165, 1.54) is 11.9 Å². The molecule has 1 saturated carbocycles. The fourth-order valence-electron chi connectivity index (χ4n) is 2.28. The molecule has 0 bridgehead atoms. The normalized spacial score (nSPS) is 25.7. The number of aliphatic hydroxyl groups excluding tert-OH is 1. The lowest BCUT2D eigenvalue weighted by Gasteiger charge is -2.31. The van der Waals surface area contributed by atoms with E-state index in [9.17, 15) is 18.0 Å². The first-order valence-electron chi connectivity index (χ1n) is 5.78. The number of nitrogens with zero attached hydrogens (tertiary/aromatic N) is 1. The van der Waals surface area contributed by atoms with Crippen molar-refractivity contribution in [3.8, 4) is 0 Å². The van der Waals surface area contributed by atoms with Gasteiger partial charge in [-0.3, -0.25) is 4.79 Å². The summed E-state index contributed by atoms with van der Waals surface area (Å²) in [4.78, 5) is 13.1. The Morgan fingerprint density at radius 3 is 2.59 bits per heavy atom. The molecule has 0 radical (unpaired) electrons. The zero-order chi connectivity index (χ0) is 13.1. The lowest BCUT2D eigenvalue weighted by molar-refractivity contribution is -0.187. The standard InChI is InChI=1S/C11H18F3NO2/c1-15(5-6-16)10(17)8-3-2-4-9(7-8)11(12,13)14/h8-9,16H,2-7H2,1H3. The maximum atomic E-state index is 12.6. The third-order valence-electron chi connectivity index (χ3n) is 3.30. The molecule has 0 aromatic heterocycles. The number of rotatable bonds is 3. The molecule has 2 unspecified atom stereocenters. The van der Waals surface area contributed by atoms with Gasteiger partial charge in [-0.25, -0.2) is 0 Å². The molecule has 1 fully saturated rings. The molecular weight excluding hydrogens is 235 g/mol. The summed E-state index contributed by atoms with van der Waals surface area (Å²) in [5, 5.41) is 8.69. The number of amides is 1. The first-order chi connectivity index (χ1) is 7.86. The fourth-order valence-corrected chi connectivity index (χ4v) is 2.28. The third-order valence-corrected chi connectivity index (χ3v) is 3.30. The molecule has 0 aromatic carbocycles. The van der Waals surface area contributed by atoms with Crippen LogP contribution in [0.15, 0.2) is 0 Å². The second-order valence-electron chi connectivity index (χ2n) is 4.59. The molecule has 100 valence electrons. The molecule has 1 N–H and O–H groups in total. The predicted octanol–water partition coefficient (Wildman–Crippen LogP) is 1.81. The Hall–Kier alpha value is -0.780. The molecule has 0 saturated heterocycles. The molecule has 1 aliphatic carbocycles. The van der Waals surface area contributed by atoms with Gasteiger partial charge in [0.2, 0.25) is 5.91 Å². The monoisotopic (exact) mass is 253 g/mol. The highest BCUT2D eigenvalue weighted by Gasteiger charge is 2.43. The first-order valence-corrected chi connectivity index (χ1v) is 5.78. The Balaban J connectivity index is 2.57. The number of carbonyl (C=O) groups is 1. The van der Waals surface area contributed by atoms with Crippen molar-refractivity contribution in [2.75, 3.05) is 20.2 Å². The summed E-state index contributed by atoms with van der Waals surface area (Å²) in [6.45, 7) is 0.00365. The van der Waals surface area contributed by atoms with Gasteiger partial charge in [0, 0.05) is 19.5 Å². The number of aliphatic hydroxyl groups is 1. The van der Waals surface area contributed by atoms with Crippen LogP contribution in [0.4, 0.5) is 13.2 Å². The summed E-state index contributed by atoms with van der Waals surface area (Å²) in [5.74, 6) is -2.19. The predicted molar refractivity (Wildman–Crippen MR) is 56.2 cm³/mol. The van der Waals surface area contributed by atoms with Gasteiger partial charge in [-0.1, -0.05) is 6.42 Å². The van der Waals surface area contributed by atoms with Crippen LogP contribution in [0, 0.1) is 11.8 Å². The Kier molecular flexibility index (Phi) is 4.80. The number of hydrogen-bond donors (Lipinski definition) is 1. The Morgan fingerprint density at radius 1 is 1.41 bits per heavy atom. The van der Waals surface area contributed by atoms with E-state index in [0.717, 1.165) is 0 Å². The van der Waals surface area contributed by atoms with Gasteiger partial charge in [-0.15, -0.1) is 0 Å². The van der Waals surface area contributed by atoms with Crippen molar-refractivity contribution < 1.29 is 23.1 Å². The summed E-state index contributed by atoms with van der Waals surface area (Å²) in [5.41, 5.74) is 0. The van der Waals surface area contributed by atoms with Gasteiger partial charge in [0.25, 0.3) is 0 Å². The Bertz CT molecular complexity index is 268. The lowest BCUT2D eigenvalue weighted by Crippen LogP contribution is -2.39. The molecule has 1 amide bonds. The summed E-state index contributed by atoms with van der Waals surface area (Å²) in [6, 6.07) is 0. The van der Waals surface area contributed by atoms with Crippen LogP contribution in [0.2, 0.25) is 0 Å². The van der Waals surface area contributed by atoms with Crippen LogP contribution in [0.25, 0.3) is 0 Å². The zero-order valence-electron chi connectivity index (χ0n) is 9.83. The average molecular weight is 253 g/mol. The number of likely N-dealkylation sites (N-methyl/N-ethyl adjacent to an activating group) is 1. The minimum atomic E-state index is -4.20. The number of hydrogen-bond acceptors (Lipinski definition) is 2. The largest absolute Gasteiger partial charge is 0.395 e. The van der Waals surface area contributed by atoms with E-state index in [1.54, 1.807) is 0 Å². The summed E-state index contributed by atoms with van der Waals surface area (Å²) < 4.78 is 37.7. The maximum Gasteiger partial charge on any atom is 0.391 e. The second-order valence-corrected chi connectivity index (χ2v) is 4.59. The lowest BCUT2D eigenvalue weighted by atomic mass is 9.80. The molecular formula is C11H18F3NO2. The van der Waals surface area contributed by atoms with Crippen molar-refractivity contribution in [2.45, 2.75) is 31.9 Å². The van der Waals surface area contributed by atoms with Crippen LogP contribution in [0.3, 0.4) is 0 Å².